The van der Waals surface area contributed by atoms with E-state index in [0.717, 1.165) is 30.4 Å². The molecule has 1 aliphatic rings. The van der Waals surface area contributed by atoms with Crippen molar-refractivity contribution >= 4 is 0 Å². The molecular formula is C21H34O2. The summed E-state index contributed by atoms with van der Waals surface area (Å²) in [4.78, 5) is 0. The van der Waals surface area contributed by atoms with E-state index in [1.165, 1.54) is 25.7 Å². The highest BCUT2D eigenvalue weighted by molar-refractivity contribution is 5.49. The van der Waals surface area contributed by atoms with Crippen molar-refractivity contribution in [2.45, 2.75) is 78.6 Å². The molecule has 2 rings (SSSR count). The highest BCUT2D eigenvalue weighted by Crippen LogP contribution is 2.49. The zero-order valence-electron chi connectivity index (χ0n) is 15.3. The number of rotatable bonds is 6. The number of phenolic OH excluding ortho intramolecular Hbond substituents is 2. The van der Waals surface area contributed by atoms with Crippen molar-refractivity contribution in [2.75, 3.05) is 0 Å². The summed E-state index contributed by atoms with van der Waals surface area (Å²) in [7, 11) is 0. The molecule has 1 aromatic rings. The lowest BCUT2D eigenvalue weighted by Crippen LogP contribution is -2.26. The van der Waals surface area contributed by atoms with Gasteiger partial charge < -0.3 is 10.2 Å². The summed E-state index contributed by atoms with van der Waals surface area (Å²) < 4.78 is 0. The molecule has 0 aliphatic heterocycles. The molecule has 1 aromatic carbocycles. The van der Waals surface area contributed by atoms with Crippen LogP contribution in [0.5, 0.6) is 11.5 Å². The molecule has 1 aliphatic carbocycles. The van der Waals surface area contributed by atoms with Crippen LogP contribution < -0.4 is 0 Å². The number of benzene rings is 1. The molecule has 1 saturated carbocycles. The van der Waals surface area contributed by atoms with Gasteiger partial charge in [0.2, 0.25) is 0 Å². The molecule has 23 heavy (non-hydrogen) atoms. The van der Waals surface area contributed by atoms with E-state index >= 15 is 0 Å². The molecule has 0 heterocycles. The average molecular weight is 319 g/mol. The lowest BCUT2D eigenvalue weighted by Gasteiger charge is -2.38. The van der Waals surface area contributed by atoms with Crippen LogP contribution in [0.2, 0.25) is 0 Å². The van der Waals surface area contributed by atoms with Crippen molar-refractivity contribution in [3.8, 4) is 11.5 Å². The fraction of sp³-hybridized carbons (Fsp3) is 0.714. The van der Waals surface area contributed by atoms with Gasteiger partial charge in [-0.2, -0.15) is 0 Å². The number of hydrogen-bond donors (Lipinski definition) is 2. The predicted octanol–water partition coefficient (Wildman–Crippen LogP) is 6.01. The Morgan fingerprint density at radius 2 is 1.74 bits per heavy atom. The van der Waals surface area contributed by atoms with E-state index < -0.39 is 0 Å². The van der Waals surface area contributed by atoms with Crippen molar-refractivity contribution in [1.29, 1.82) is 0 Å². The van der Waals surface area contributed by atoms with Gasteiger partial charge in [0, 0.05) is 5.56 Å². The quantitative estimate of drug-likeness (QED) is 0.631. The largest absolute Gasteiger partial charge is 0.508 e. The predicted molar refractivity (Wildman–Crippen MR) is 97.1 cm³/mol. The molecule has 0 amide bonds. The molecule has 1 fully saturated rings. The molecule has 2 unspecified atom stereocenters. The zero-order chi connectivity index (χ0) is 17.0. The zero-order valence-corrected chi connectivity index (χ0v) is 15.3. The van der Waals surface area contributed by atoms with Gasteiger partial charge in [0.15, 0.2) is 0 Å². The lowest BCUT2D eigenvalue weighted by atomic mass is 9.67. The summed E-state index contributed by atoms with van der Waals surface area (Å²) in [5.41, 5.74) is 1.86. The molecule has 0 bridgehead atoms. The third-order valence-electron chi connectivity index (χ3n) is 5.66. The fourth-order valence-corrected chi connectivity index (χ4v) is 4.32. The topological polar surface area (TPSA) is 40.5 Å². The van der Waals surface area contributed by atoms with Gasteiger partial charge in [-0.25, -0.2) is 0 Å². The first kappa shape index (κ1) is 18.2. The maximum atomic E-state index is 10.6. The minimum Gasteiger partial charge on any atom is -0.508 e. The third kappa shape index (κ3) is 4.43. The van der Waals surface area contributed by atoms with Gasteiger partial charge in [-0.1, -0.05) is 47.0 Å². The van der Waals surface area contributed by atoms with Crippen LogP contribution in [-0.2, 0) is 6.42 Å². The minimum atomic E-state index is 0.281. The Bertz CT molecular complexity index is 484. The molecule has 2 heteroatoms. The number of aromatic hydroxyl groups is 2. The Morgan fingerprint density at radius 3 is 2.30 bits per heavy atom. The summed E-state index contributed by atoms with van der Waals surface area (Å²) in [6.07, 6.45) is 7.95. The number of unbranched alkanes of at least 4 members (excludes halogenated alkanes) is 2. The number of phenols is 2. The molecule has 130 valence electrons. The summed E-state index contributed by atoms with van der Waals surface area (Å²) in [5.74, 6) is 2.69. The van der Waals surface area contributed by atoms with E-state index in [1.807, 2.05) is 12.1 Å². The van der Waals surface area contributed by atoms with Crippen LogP contribution in [0, 0.1) is 17.8 Å². The van der Waals surface area contributed by atoms with Gasteiger partial charge in [0.25, 0.3) is 0 Å². The van der Waals surface area contributed by atoms with Crippen molar-refractivity contribution in [2.24, 2.45) is 17.8 Å². The number of hydrogen-bond acceptors (Lipinski definition) is 2. The normalized spacial score (nSPS) is 25.0. The van der Waals surface area contributed by atoms with Crippen LogP contribution in [0.15, 0.2) is 12.1 Å². The van der Waals surface area contributed by atoms with E-state index in [1.54, 1.807) is 0 Å². The van der Waals surface area contributed by atoms with Gasteiger partial charge in [0.1, 0.15) is 11.5 Å². The molecule has 0 spiro atoms. The van der Waals surface area contributed by atoms with Crippen molar-refractivity contribution in [3.63, 3.8) is 0 Å². The second-order valence-electron chi connectivity index (χ2n) is 7.94. The molecule has 3 atom stereocenters. The second kappa shape index (κ2) is 8.08. The Hall–Kier alpha value is -1.18. The lowest BCUT2D eigenvalue weighted by molar-refractivity contribution is 0.192. The van der Waals surface area contributed by atoms with Gasteiger partial charge in [-0.05, 0) is 67.1 Å². The first-order valence-electron chi connectivity index (χ1n) is 9.48. The van der Waals surface area contributed by atoms with E-state index in [0.29, 0.717) is 29.3 Å². The Kier molecular flexibility index (Phi) is 6.38. The fourth-order valence-electron chi connectivity index (χ4n) is 4.32. The smallest absolute Gasteiger partial charge is 0.123 e. The highest BCUT2D eigenvalue weighted by Gasteiger charge is 2.34. The van der Waals surface area contributed by atoms with Crippen LogP contribution in [0.1, 0.15) is 83.3 Å². The maximum absolute atomic E-state index is 10.6. The van der Waals surface area contributed by atoms with E-state index in [-0.39, 0.29) is 5.92 Å². The van der Waals surface area contributed by atoms with Crippen LogP contribution in [0.3, 0.4) is 0 Å². The van der Waals surface area contributed by atoms with Gasteiger partial charge in [-0.3, -0.25) is 0 Å². The summed E-state index contributed by atoms with van der Waals surface area (Å²) >= 11 is 0. The van der Waals surface area contributed by atoms with Gasteiger partial charge in [-0.15, -0.1) is 0 Å². The van der Waals surface area contributed by atoms with E-state index in [9.17, 15) is 10.2 Å². The van der Waals surface area contributed by atoms with Crippen molar-refractivity contribution in [1.82, 2.24) is 0 Å². The molecule has 0 aromatic heterocycles. The average Bonchev–Trinajstić information content (AvgIpc) is 2.46. The van der Waals surface area contributed by atoms with Crippen LogP contribution in [0.4, 0.5) is 0 Å². The molecule has 2 nitrogen and oxygen atoms in total. The first-order valence-corrected chi connectivity index (χ1v) is 9.48. The summed E-state index contributed by atoms with van der Waals surface area (Å²) in [6.45, 7) is 9.01. The molecule has 0 radical (unpaired) electrons. The monoisotopic (exact) mass is 318 g/mol. The number of aryl methyl sites for hydroxylation is 1. The van der Waals surface area contributed by atoms with Crippen molar-refractivity contribution < 1.29 is 10.2 Å². The molecular weight excluding hydrogens is 284 g/mol. The summed E-state index contributed by atoms with van der Waals surface area (Å²) in [5, 5.41) is 21.2. The van der Waals surface area contributed by atoms with Crippen molar-refractivity contribution in [3.05, 3.63) is 23.3 Å². The Morgan fingerprint density at radius 1 is 1.09 bits per heavy atom. The van der Waals surface area contributed by atoms with E-state index in [4.69, 9.17) is 0 Å². The van der Waals surface area contributed by atoms with Crippen LogP contribution >= 0.6 is 0 Å². The highest BCUT2D eigenvalue weighted by atomic mass is 16.3. The second-order valence-corrected chi connectivity index (χ2v) is 7.94. The summed E-state index contributed by atoms with van der Waals surface area (Å²) in [6, 6.07) is 3.78. The minimum absolute atomic E-state index is 0.281. The van der Waals surface area contributed by atoms with Crippen LogP contribution in [-0.4, -0.2) is 10.2 Å². The van der Waals surface area contributed by atoms with Gasteiger partial charge in [0.05, 0.1) is 0 Å². The SMILES string of the molecule is CCCCCc1cc(O)c([C@@H]2CC(C)CCC2C(C)C)c(O)c1. The van der Waals surface area contributed by atoms with E-state index in [2.05, 4.69) is 27.7 Å². The standard InChI is InChI=1S/C21H34O2/c1-5-6-7-8-16-12-19(22)21(20(23)13-16)18-11-15(4)9-10-17(18)14(2)3/h12-15,17-18,22-23H,5-11H2,1-4H3/t15?,17?,18-/m1/s1. The first-order chi connectivity index (χ1) is 10.9. The maximum Gasteiger partial charge on any atom is 0.123 e. The van der Waals surface area contributed by atoms with Crippen LogP contribution in [0.25, 0.3) is 0 Å². The van der Waals surface area contributed by atoms with Gasteiger partial charge >= 0.3 is 0 Å². The third-order valence-corrected chi connectivity index (χ3v) is 5.66. The molecule has 0 saturated heterocycles. The Balaban J connectivity index is 2.26. The molecule has 2 N–H and O–H groups in total. The Labute approximate surface area is 141 Å².